The number of carbonyl (C=O) groups is 2. The number of anilines is 1. The summed E-state index contributed by atoms with van der Waals surface area (Å²) in [6.45, 7) is 4.85. The van der Waals surface area contributed by atoms with Gasteiger partial charge in [0.1, 0.15) is 18.4 Å². The smallest absolute Gasteiger partial charge is 0.264 e. The second-order valence-corrected chi connectivity index (χ2v) is 12.0. The Hall–Kier alpha value is -3.14. The van der Waals surface area contributed by atoms with E-state index in [1.54, 1.807) is 37.3 Å². The molecule has 0 unspecified atom stereocenters. The molecule has 2 atom stereocenters. The highest BCUT2D eigenvalue weighted by Gasteiger charge is 2.34. The molecule has 0 heterocycles. The van der Waals surface area contributed by atoms with E-state index in [0.29, 0.717) is 22.0 Å². The molecule has 3 aromatic carbocycles. The van der Waals surface area contributed by atoms with Crippen LogP contribution in [0.25, 0.3) is 0 Å². The molecular formula is C29H32Cl2FN3O4S. The molecule has 214 valence electrons. The molecule has 0 saturated heterocycles. The average molecular weight is 609 g/mol. The Labute approximate surface area is 244 Å². The second-order valence-electron chi connectivity index (χ2n) is 9.30. The van der Waals surface area contributed by atoms with Gasteiger partial charge in [0.15, 0.2) is 0 Å². The maximum Gasteiger partial charge on any atom is 0.264 e. The lowest BCUT2D eigenvalue weighted by atomic mass is 10.1. The molecule has 0 aliphatic rings. The number of nitrogens with zero attached hydrogens (tertiary/aromatic N) is 2. The number of nitrogens with one attached hydrogen (secondary N) is 1. The first-order valence-corrected chi connectivity index (χ1v) is 15.0. The first-order valence-electron chi connectivity index (χ1n) is 12.8. The van der Waals surface area contributed by atoms with Crippen LogP contribution in [-0.2, 0) is 26.2 Å². The normalized spacial score (nSPS) is 12.8. The minimum absolute atomic E-state index is 0.0408. The van der Waals surface area contributed by atoms with Gasteiger partial charge in [0.05, 0.1) is 10.6 Å². The van der Waals surface area contributed by atoms with Gasteiger partial charge in [-0.25, -0.2) is 12.8 Å². The summed E-state index contributed by atoms with van der Waals surface area (Å²) >= 11 is 12.5. The topological polar surface area (TPSA) is 86.8 Å². The lowest BCUT2D eigenvalue weighted by Gasteiger charge is -2.34. The van der Waals surface area contributed by atoms with E-state index in [9.17, 15) is 22.4 Å². The zero-order chi connectivity index (χ0) is 29.4. The summed E-state index contributed by atoms with van der Waals surface area (Å²) in [4.78, 5) is 28.6. The molecule has 0 radical (unpaired) electrons. The fourth-order valence-corrected chi connectivity index (χ4v) is 5.95. The van der Waals surface area contributed by atoms with E-state index >= 15 is 0 Å². The van der Waals surface area contributed by atoms with Gasteiger partial charge < -0.3 is 10.2 Å². The summed E-state index contributed by atoms with van der Waals surface area (Å²) in [7, 11) is -4.24. The summed E-state index contributed by atoms with van der Waals surface area (Å²) in [5, 5.41) is 3.62. The van der Waals surface area contributed by atoms with E-state index in [4.69, 9.17) is 23.2 Å². The Morgan fingerprint density at radius 3 is 2.17 bits per heavy atom. The lowest BCUT2D eigenvalue weighted by molar-refractivity contribution is -0.140. The monoisotopic (exact) mass is 607 g/mol. The van der Waals surface area contributed by atoms with Crippen LogP contribution in [0.4, 0.5) is 10.1 Å². The minimum Gasteiger partial charge on any atom is -0.352 e. The highest BCUT2D eigenvalue weighted by atomic mass is 35.5. The Balaban J connectivity index is 2.07. The number of hydrogen-bond acceptors (Lipinski definition) is 4. The van der Waals surface area contributed by atoms with Crippen LogP contribution in [0, 0.1) is 5.82 Å². The first kappa shape index (κ1) is 31.4. The summed E-state index contributed by atoms with van der Waals surface area (Å²) in [5.41, 5.74) is 0.633. The number of benzene rings is 3. The molecule has 3 aromatic rings. The quantitative estimate of drug-likeness (QED) is 0.271. The summed E-state index contributed by atoms with van der Waals surface area (Å²) < 4.78 is 42.1. The third-order valence-electron chi connectivity index (χ3n) is 6.47. The van der Waals surface area contributed by atoms with E-state index in [2.05, 4.69) is 5.32 Å². The standard InChI is InChI=1S/C29H32Cl2FN3O4S/c1-4-20(3)33-29(37)27(5-2)34(18-21-11-12-22(30)17-26(21)31)28(36)19-35(24-15-13-23(32)14-16-24)40(38,39)25-9-7-6-8-10-25/h6-17,20,27H,4-5,18-19H2,1-3H3,(H,33,37)/t20-,27-/m0/s1. The molecule has 11 heteroatoms. The molecule has 0 spiro atoms. The van der Waals surface area contributed by atoms with Gasteiger partial charge >= 0.3 is 0 Å². The van der Waals surface area contributed by atoms with Gasteiger partial charge in [0.2, 0.25) is 11.8 Å². The number of amides is 2. The number of carbonyl (C=O) groups excluding carboxylic acids is 2. The van der Waals surface area contributed by atoms with Crippen molar-refractivity contribution >= 4 is 50.7 Å². The van der Waals surface area contributed by atoms with Crippen molar-refractivity contribution in [2.24, 2.45) is 0 Å². The van der Waals surface area contributed by atoms with Gasteiger partial charge in [-0.1, -0.05) is 61.3 Å². The maximum atomic E-state index is 14.0. The fraction of sp³-hybridized carbons (Fsp3) is 0.310. The molecule has 7 nitrogen and oxygen atoms in total. The van der Waals surface area contributed by atoms with Crippen LogP contribution < -0.4 is 9.62 Å². The maximum absolute atomic E-state index is 14.0. The molecular weight excluding hydrogens is 576 g/mol. The lowest BCUT2D eigenvalue weighted by Crippen LogP contribution is -2.53. The van der Waals surface area contributed by atoms with Crippen molar-refractivity contribution in [3.63, 3.8) is 0 Å². The van der Waals surface area contributed by atoms with Crippen LogP contribution in [0.5, 0.6) is 0 Å². The highest BCUT2D eigenvalue weighted by molar-refractivity contribution is 7.92. The Bertz CT molecular complexity index is 1420. The first-order chi connectivity index (χ1) is 19.0. The number of halogens is 3. The van der Waals surface area contributed by atoms with Crippen LogP contribution in [0.3, 0.4) is 0 Å². The Morgan fingerprint density at radius 2 is 1.60 bits per heavy atom. The van der Waals surface area contributed by atoms with E-state index in [-0.39, 0.29) is 35.5 Å². The number of rotatable bonds is 12. The predicted octanol–water partition coefficient (Wildman–Crippen LogP) is 6.05. The average Bonchev–Trinajstić information content (AvgIpc) is 2.93. The third-order valence-corrected chi connectivity index (χ3v) is 8.84. The molecule has 0 aliphatic carbocycles. The van der Waals surface area contributed by atoms with E-state index < -0.39 is 34.3 Å². The van der Waals surface area contributed by atoms with Crippen molar-refractivity contribution in [2.75, 3.05) is 10.8 Å². The van der Waals surface area contributed by atoms with Gasteiger partial charge in [-0.15, -0.1) is 0 Å². The predicted molar refractivity (Wildman–Crippen MR) is 156 cm³/mol. The van der Waals surface area contributed by atoms with Gasteiger partial charge in [-0.05, 0) is 73.9 Å². The molecule has 1 N–H and O–H groups in total. The summed E-state index contributed by atoms with van der Waals surface area (Å²) in [5.74, 6) is -1.56. The molecule has 40 heavy (non-hydrogen) atoms. The third kappa shape index (κ3) is 7.74. The second kappa shape index (κ2) is 14.0. The Kier molecular flexibility index (Phi) is 11.0. The summed E-state index contributed by atoms with van der Waals surface area (Å²) in [6.07, 6.45) is 0.952. The number of hydrogen-bond donors (Lipinski definition) is 1. The molecule has 0 aromatic heterocycles. The fourth-order valence-electron chi connectivity index (χ4n) is 4.05. The van der Waals surface area contributed by atoms with Crippen molar-refractivity contribution in [1.29, 1.82) is 0 Å². The van der Waals surface area contributed by atoms with Crippen LogP contribution >= 0.6 is 23.2 Å². The highest BCUT2D eigenvalue weighted by Crippen LogP contribution is 2.27. The zero-order valence-corrected chi connectivity index (χ0v) is 24.8. The molecule has 0 fully saturated rings. The summed E-state index contributed by atoms with van der Waals surface area (Å²) in [6, 6.07) is 16.2. The van der Waals surface area contributed by atoms with Gasteiger partial charge in [-0.2, -0.15) is 0 Å². The van der Waals surface area contributed by atoms with Crippen molar-refractivity contribution in [1.82, 2.24) is 10.2 Å². The Morgan fingerprint density at radius 1 is 0.950 bits per heavy atom. The van der Waals surface area contributed by atoms with Gasteiger partial charge in [-0.3, -0.25) is 13.9 Å². The SMILES string of the molecule is CC[C@H](C)NC(=O)[C@H](CC)N(Cc1ccc(Cl)cc1Cl)C(=O)CN(c1ccc(F)cc1)S(=O)(=O)c1ccccc1. The molecule has 0 saturated carbocycles. The van der Waals surface area contributed by atoms with E-state index in [1.165, 1.54) is 35.2 Å². The largest absolute Gasteiger partial charge is 0.352 e. The van der Waals surface area contributed by atoms with Crippen LogP contribution in [0.15, 0.2) is 77.7 Å². The molecule has 0 aliphatic heterocycles. The number of sulfonamides is 1. The van der Waals surface area contributed by atoms with Crippen LogP contribution in [0.2, 0.25) is 10.0 Å². The van der Waals surface area contributed by atoms with Gasteiger partial charge in [0, 0.05) is 22.6 Å². The molecule has 2 amide bonds. The van der Waals surface area contributed by atoms with E-state index in [0.717, 1.165) is 16.4 Å². The van der Waals surface area contributed by atoms with Crippen molar-refractivity contribution < 1.29 is 22.4 Å². The molecule has 3 rings (SSSR count). The molecule has 0 bridgehead atoms. The minimum atomic E-state index is -4.24. The van der Waals surface area contributed by atoms with Crippen molar-refractivity contribution in [2.45, 2.75) is 57.1 Å². The van der Waals surface area contributed by atoms with Gasteiger partial charge in [0.25, 0.3) is 10.0 Å². The van der Waals surface area contributed by atoms with Crippen LogP contribution in [0.1, 0.15) is 39.2 Å². The zero-order valence-electron chi connectivity index (χ0n) is 22.5. The van der Waals surface area contributed by atoms with Crippen molar-refractivity contribution in [3.05, 3.63) is 94.2 Å². The van der Waals surface area contributed by atoms with E-state index in [1.807, 2.05) is 13.8 Å². The van der Waals surface area contributed by atoms with Crippen molar-refractivity contribution in [3.8, 4) is 0 Å². The van der Waals surface area contributed by atoms with Crippen LogP contribution in [-0.4, -0.2) is 43.8 Å².